The second-order valence-corrected chi connectivity index (χ2v) is 23.4. The molecule has 0 spiro atoms. The number of imide groups is 1. The minimum Gasteiger partial charge on any atom is -0.493 e. The number of carbonyl (C=O) groups excluding carboxylic acids is 6. The standard InChI is InChI=1S/C68H83N9O10/c1-9-53-35-50(48-17-16-18-52(34-48)71-66(81)46(5)70-67(82)65(44(2)3)72-62(78)19-12-10-13-26-76-63(79)24-25-64(76)80)43-77(53)68(83)56-38-59(85-8)60(33-45(56)4)86-31-14-11-15-32-87-61-39-57-51(37-58(61)84-7)42-75-41-49(36-55(75)40-69-57)47-20-22-54(23-21-47)74-29-27-73(6)28-30-74/h9,16-18,20-25,33-34,37-41,43-44,46,53,55,65H,1,10-15,19,26-32,35-36,42H2,2-8H3,(H,70,82)(H,71,81)(H,72,78)/t46-,53?,55?,65?/m0/s1. The lowest BCUT2D eigenvalue weighted by Gasteiger charge is -2.34. The van der Waals surface area contributed by atoms with E-state index in [2.05, 4.69) is 87.0 Å². The van der Waals surface area contributed by atoms with E-state index in [1.54, 1.807) is 44.3 Å². The second kappa shape index (κ2) is 29.1. The van der Waals surface area contributed by atoms with E-state index in [1.807, 2.05) is 57.3 Å². The maximum Gasteiger partial charge on any atom is 0.258 e. The van der Waals surface area contributed by atoms with E-state index in [1.165, 1.54) is 33.9 Å². The zero-order valence-corrected chi connectivity index (χ0v) is 51.3. The van der Waals surface area contributed by atoms with Crippen molar-refractivity contribution in [3.63, 3.8) is 0 Å². The fraction of sp³-hybridized carbons (Fsp3) is 0.426. The first-order valence-electron chi connectivity index (χ1n) is 30.4. The van der Waals surface area contributed by atoms with Crippen molar-refractivity contribution in [3.05, 3.63) is 138 Å². The molecule has 0 aliphatic carbocycles. The second-order valence-electron chi connectivity index (χ2n) is 23.4. The van der Waals surface area contributed by atoms with Crippen LogP contribution < -0.4 is 39.8 Å². The molecule has 0 saturated carbocycles. The summed E-state index contributed by atoms with van der Waals surface area (Å²) in [7, 11) is 5.41. The molecule has 5 aliphatic heterocycles. The van der Waals surface area contributed by atoms with Crippen LogP contribution in [0.4, 0.5) is 17.1 Å². The number of unbranched alkanes of at least 4 members (excludes halogenated alkanes) is 4. The van der Waals surface area contributed by atoms with Crippen LogP contribution in [0.15, 0.2) is 115 Å². The third-order valence-electron chi connectivity index (χ3n) is 16.7. The van der Waals surface area contributed by atoms with Gasteiger partial charge in [0.2, 0.25) is 17.7 Å². The van der Waals surface area contributed by atoms with E-state index >= 15 is 0 Å². The Labute approximate surface area is 511 Å². The van der Waals surface area contributed by atoms with Gasteiger partial charge in [0.1, 0.15) is 12.1 Å². The predicted molar refractivity (Wildman–Crippen MR) is 338 cm³/mol. The van der Waals surface area contributed by atoms with Gasteiger partial charge in [-0.05, 0) is 142 Å². The first kappa shape index (κ1) is 62.8. The van der Waals surface area contributed by atoms with Gasteiger partial charge in [-0.2, -0.15) is 0 Å². The first-order chi connectivity index (χ1) is 42.0. The molecule has 87 heavy (non-hydrogen) atoms. The predicted octanol–water partition coefficient (Wildman–Crippen LogP) is 9.23. The molecule has 4 aromatic rings. The van der Waals surface area contributed by atoms with Crippen molar-refractivity contribution in [1.82, 2.24) is 30.2 Å². The van der Waals surface area contributed by atoms with Crippen LogP contribution in [0.25, 0.3) is 11.1 Å². The fourth-order valence-corrected chi connectivity index (χ4v) is 11.5. The minimum atomic E-state index is -0.940. The molecule has 0 radical (unpaired) electrons. The van der Waals surface area contributed by atoms with Crippen molar-refractivity contribution in [2.75, 3.05) is 77.4 Å². The summed E-state index contributed by atoms with van der Waals surface area (Å²) in [6.07, 6.45) is 16.1. The number of nitrogens with zero attached hydrogens (tertiary/aromatic N) is 6. The summed E-state index contributed by atoms with van der Waals surface area (Å²) in [4.78, 5) is 92.6. The summed E-state index contributed by atoms with van der Waals surface area (Å²) >= 11 is 0. The maximum absolute atomic E-state index is 14.4. The number of nitrogens with one attached hydrogen (secondary N) is 3. The van der Waals surface area contributed by atoms with E-state index in [9.17, 15) is 28.8 Å². The zero-order chi connectivity index (χ0) is 61.7. The summed E-state index contributed by atoms with van der Waals surface area (Å²) in [5, 5.41) is 8.44. The molecule has 6 amide bonds. The number of aryl methyl sites for hydroxylation is 1. The van der Waals surface area contributed by atoms with Crippen molar-refractivity contribution in [2.24, 2.45) is 10.9 Å². The van der Waals surface area contributed by atoms with Crippen LogP contribution in [0.1, 0.15) is 111 Å². The van der Waals surface area contributed by atoms with Crippen LogP contribution in [0.5, 0.6) is 23.0 Å². The number of hydrogen-bond acceptors (Lipinski definition) is 14. The van der Waals surface area contributed by atoms with Gasteiger partial charge in [0.25, 0.3) is 17.7 Å². The van der Waals surface area contributed by atoms with Gasteiger partial charge >= 0.3 is 0 Å². The largest absolute Gasteiger partial charge is 0.493 e. The molecule has 4 atom stereocenters. The normalized spacial score (nSPS) is 17.9. The van der Waals surface area contributed by atoms with Crippen LogP contribution in [-0.4, -0.2) is 153 Å². The Balaban J connectivity index is 0.717. The van der Waals surface area contributed by atoms with Gasteiger partial charge in [-0.15, -0.1) is 6.58 Å². The van der Waals surface area contributed by atoms with Crippen LogP contribution in [-0.2, 0) is 30.5 Å². The number of rotatable bonds is 27. The van der Waals surface area contributed by atoms with E-state index in [4.69, 9.17) is 23.9 Å². The third kappa shape index (κ3) is 15.7. The Kier molecular flexibility index (Phi) is 21.0. The van der Waals surface area contributed by atoms with E-state index in [-0.39, 0.29) is 54.6 Å². The van der Waals surface area contributed by atoms with Crippen LogP contribution in [0.2, 0.25) is 0 Å². The number of piperazine rings is 1. The number of aliphatic imine (C=N–C) groups is 1. The van der Waals surface area contributed by atoms with Gasteiger partial charge in [0.15, 0.2) is 23.0 Å². The number of likely N-dealkylation sites (N-methyl/N-ethyl adjacent to an activating group) is 1. The molecule has 3 unspecified atom stereocenters. The smallest absolute Gasteiger partial charge is 0.258 e. The first-order valence-corrected chi connectivity index (χ1v) is 30.4. The molecule has 4 aromatic carbocycles. The number of methoxy groups -OCH3 is 2. The summed E-state index contributed by atoms with van der Waals surface area (Å²) < 4.78 is 24.1. The molecule has 19 heteroatoms. The number of amides is 6. The summed E-state index contributed by atoms with van der Waals surface area (Å²) in [6, 6.07) is 21.9. The van der Waals surface area contributed by atoms with Gasteiger partial charge in [0, 0.05) is 105 Å². The molecular weight excluding hydrogens is 1100 g/mol. The number of fused-ring (bicyclic) bond motifs is 2. The zero-order valence-electron chi connectivity index (χ0n) is 51.3. The van der Waals surface area contributed by atoms with Gasteiger partial charge in [-0.25, -0.2) is 0 Å². The van der Waals surface area contributed by atoms with Gasteiger partial charge < -0.3 is 54.5 Å². The Bertz CT molecular complexity index is 3310. The number of carbonyl (C=O) groups is 6. The Hall–Kier alpha value is -8.71. The third-order valence-corrected chi connectivity index (χ3v) is 16.7. The molecule has 0 aromatic heterocycles. The highest BCUT2D eigenvalue weighted by Gasteiger charge is 2.33. The average molecular weight is 1190 g/mol. The minimum absolute atomic E-state index is 0.164. The fourth-order valence-electron chi connectivity index (χ4n) is 11.5. The summed E-state index contributed by atoms with van der Waals surface area (Å²) in [6.45, 7) is 17.3. The summed E-state index contributed by atoms with van der Waals surface area (Å²) in [5.41, 5.74) is 9.16. The molecule has 5 aliphatic rings. The number of ether oxygens (including phenoxy) is 4. The van der Waals surface area contributed by atoms with Crippen LogP contribution >= 0.6 is 0 Å². The number of benzene rings is 4. The van der Waals surface area contributed by atoms with Gasteiger partial charge in [0.05, 0.1) is 45.2 Å². The highest BCUT2D eigenvalue weighted by atomic mass is 16.5. The van der Waals surface area contributed by atoms with Crippen LogP contribution in [0.3, 0.4) is 0 Å². The summed E-state index contributed by atoms with van der Waals surface area (Å²) in [5.74, 6) is -0.0770. The lowest BCUT2D eigenvalue weighted by molar-refractivity contribution is -0.137. The molecule has 5 heterocycles. The van der Waals surface area contributed by atoms with E-state index in [0.717, 1.165) is 86.4 Å². The van der Waals surface area contributed by atoms with Crippen molar-refractivity contribution < 1.29 is 47.7 Å². The molecule has 9 rings (SSSR count). The quantitative estimate of drug-likeness (QED) is 0.0290. The highest BCUT2D eigenvalue weighted by Crippen LogP contribution is 2.41. The van der Waals surface area contributed by atoms with E-state index < -0.39 is 23.9 Å². The van der Waals surface area contributed by atoms with Crippen molar-refractivity contribution in [3.8, 4) is 23.0 Å². The SMILES string of the molecule is C=CC1CC(c2cccc(NC(=O)[C@H](C)NC(=O)C(NC(=O)CCCCCN3C(=O)C=CC3=O)C(C)C)c2)=CN1C(=O)c1cc(OC)c(OCCCCCOc2cc3c(cc2OC)CN2C=C(c4ccc(N5CCN(C)CC5)cc4)CC2C=N3)cc1C. The molecular formula is C68H83N9O10. The molecule has 1 saturated heterocycles. The topological polar surface area (TPSA) is 204 Å². The van der Waals surface area contributed by atoms with E-state index in [0.29, 0.717) is 73.1 Å². The Morgan fingerprint density at radius 3 is 2.10 bits per heavy atom. The Morgan fingerprint density at radius 2 is 1.41 bits per heavy atom. The highest BCUT2D eigenvalue weighted by molar-refractivity contribution is 6.12. The number of hydrogen-bond donors (Lipinski definition) is 3. The molecule has 460 valence electrons. The van der Waals surface area contributed by atoms with Gasteiger partial charge in [-0.3, -0.25) is 38.7 Å². The monoisotopic (exact) mass is 1190 g/mol. The number of anilines is 2. The Morgan fingerprint density at radius 1 is 0.736 bits per heavy atom. The average Bonchev–Trinajstić information content (AvgIpc) is 2.70. The molecule has 1 fully saturated rings. The molecule has 0 bridgehead atoms. The van der Waals surface area contributed by atoms with Crippen molar-refractivity contribution >= 4 is 69.9 Å². The van der Waals surface area contributed by atoms with Crippen molar-refractivity contribution in [1.29, 1.82) is 0 Å². The molecule has 3 N–H and O–H groups in total. The van der Waals surface area contributed by atoms with Gasteiger partial charge in [-0.1, -0.05) is 50.6 Å². The lowest BCUT2D eigenvalue weighted by atomic mass is 10.0. The lowest BCUT2D eigenvalue weighted by Crippen LogP contribution is -2.53. The maximum atomic E-state index is 14.4. The van der Waals surface area contributed by atoms with Crippen LogP contribution in [0, 0.1) is 12.8 Å². The van der Waals surface area contributed by atoms with Crippen molar-refractivity contribution in [2.45, 2.75) is 116 Å². The molecule has 19 nitrogen and oxygen atoms in total.